The van der Waals surface area contributed by atoms with Crippen LogP contribution in [0.4, 0.5) is 5.69 Å². The standard InChI is InChI=1S/C24H29N5O2.HI/c1-5-18-9-8-12-21(16-18)28-22(30)17-27-24(25-6-2)26-14-13-19-10-7-11-20(15-19)23(31)29(3)4;/h1,7-12,15-16H,6,13-14,17H2,2-4H3,(H,28,30)(H2,25,26,27);1H. The summed E-state index contributed by atoms with van der Waals surface area (Å²) in [7, 11) is 3.47. The Hall–Kier alpha value is -3.06. The number of hydrogen-bond acceptors (Lipinski definition) is 3. The van der Waals surface area contributed by atoms with Gasteiger partial charge in [0.25, 0.3) is 5.91 Å². The molecule has 8 heteroatoms. The Labute approximate surface area is 207 Å². The number of aliphatic imine (C=N–C) groups is 1. The third-order valence-electron chi connectivity index (χ3n) is 4.32. The molecule has 0 aliphatic heterocycles. The van der Waals surface area contributed by atoms with Crippen molar-refractivity contribution >= 4 is 47.4 Å². The quantitative estimate of drug-likeness (QED) is 0.206. The second kappa shape index (κ2) is 14.1. The molecule has 0 saturated carbocycles. The van der Waals surface area contributed by atoms with Crippen LogP contribution in [0.15, 0.2) is 53.5 Å². The van der Waals surface area contributed by atoms with Gasteiger partial charge in [-0.2, -0.15) is 0 Å². The van der Waals surface area contributed by atoms with Crippen molar-refractivity contribution < 1.29 is 9.59 Å². The van der Waals surface area contributed by atoms with Crippen LogP contribution in [0.3, 0.4) is 0 Å². The minimum Gasteiger partial charge on any atom is -0.357 e. The van der Waals surface area contributed by atoms with Crippen molar-refractivity contribution in [2.75, 3.05) is 39.0 Å². The van der Waals surface area contributed by atoms with Gasteiger partial charge in [-0.15, -0.1) is 30.4 Å². The molecule has 2 aromatic rings. The maximum absolute atomic E-state index is 12.2. The lowest BCUT2D eigenvalue weighted by Gasteiger charge is -2.13. The first-order chi connectivity index (χ1) is 14.9. The van der Waals surface area contributed by atoms with Crippen LogP contribution in [0.5, 0.6) is 0 Å². The number of anilines is 1. The molecule has 0 saturated heterocycles. The first-order valence-electron chi connectivity index (χ1n) is 10.1. The van der Waals surface area contributed by atoms with Gasteiger partial charge >= 0.3 is 0 Å². The van der Waals surface area contributed by atoms with E-state index < -0.39 is 0 Å². The highest BCUT2D eigenvalue weighted by molar-refractivity contribution is 14.0. The van der Waals surface area contributed by atoms with Crippen LogP contribution in [0.2, 0.25) is 0 Å². The van der Waals surface area contributed by atoms with Crippen molar-refractivity contribution in [3.05, 3.63) is 65.2 Å². The minimum atomic E-state index is -0.235. The molecule has 2 rings (SSSR count). The van der Waals surface area contributed by atoms with E-state index in [1.165, 1.54) is 0 Å². The fourth-order valence-corrected chi connectivity index (χ4v) is 2.82. The number of halogens is 1. The third kappa shape index (κ3) is 8.98. The predicted octanol–water partition coefficient (Wildman–Crippen LogP) is 2.72. The van der Waals surface area contributed by atoms with E-state index in [2.05, 4.69) is 26.9 Å². The van der Waals surface area contributed by atoms with Gasteiger partial charge in [0, 0.05) is 44.0 Å². The molecule has 0 radical (unpaired) electrons. The number of benzene rings is 2. The number of hydrogen-bond donors (Lipinski definition) is 3. The third-order valence-corrected chi connectivity index (χ3v) is 4.32. The Morgan fingerprint density at radius 2 is 1.84 bits per heavy atom. The summed E-state index contributed by atoms with van der Waals surface area (Å²) in [5, 5.41) is 9.13. The van der Waals surface area contributed by atoms with Gasteiger partial charge in [0.05, 0.1) is 0 Å². The molecule has 0 aliphatic carbocycles. The lowest BCUT2D eigenvalue weighted by Crippen LogP contribution is -2.39. The highest BCUT2D eigenvalue weighted by atomic mass is 127. The Kier molecular flexibility index (Phi) is 11.9. The maximum atomic E-state index is 12.2. The van der Waals surface area contributed by atoms with Crippen LogP contribution in [0, 0.1) is 12.3 Å². The molecule has 0 bridgehead atoms. The fourth-order valence-electron chi connectivity index (χ4n) is 2.82. The van der Waals surface area contributed by atoms with Gasteiger partial charge in [-0.1, -0.05) is 24.1 Å². The number of nitrogens with one attached hydrogen (secondary N) is 3. The number of carbonyl (C=O) groups is 2. The zero-order valence-corrected chi connectivity index (χ0v) is 21.0. The summed E-state index contributed by atoms with van der Waals surface area (Å²) >= 11 is 0. The number of amides is 2. The molecular weight excluding hydrogens is 517 g/mol. The first-order valence-corrected chi connectivity index (χ1v) is 10.1. The fraction of sp³-hybridized carbons (Fsp3) is 0.292. The molecule has 170 valence electrons. The van der Waals surface area contributed by atoms with Crippen LogP contribution in [-0.4, -0.2) is 56.4 Å². The molecule has 0 fully saturated rings. The van der Waals surface area contributed by atoms with E-state index in [0.717, 1.165) is 5.56 Å². The lowest BCUT2D eigenvalue weighted by molar-refractivity contribution is -0.114. The van der Waals surface area contributed by atoms with E-state index in [4.69, 9.17) is 6.42 Å². The van der Waals surface area contributed by atoms with Crippen molar-refractivity contribution in [1.82, 2.24) is 15.5 Å². The van der Waals surface area contributed by atoms with Crippen molar-refractivity contribution in [1.29, 1.82) is 0 Å². The lowest BCUT2D eigenvalue weighted by atomic mass is 10.1. The summed E-state index contributed by atoms with van der Waals surface area (Å²) < 4.78 is 0. The summed E-state index contributed by atoms with van der Waals surface area (Å²) in [6, 6.07) is 14.7. The van der Waals surface area contributed by atoms with Gasteiger partial charge in [-0.05, 0) is 49.2 Å². The number of nitrogens with zero attached hydrogens (tertiary/aromatic N) is 2. The molecule has 0 aromatic heterocycles. The van der Waals surface area contributed by atoms with Crippen molar-refractivity contribution in [2.24, 2.45) is 4.99 Å². The smallest absolute Gasteiger partial charge is 0.253 e. The Bertz CT molecular complexity index is 982. The minimum absolute atomic E-state index is 0. The summed E-state index contributed by atoms with van der Waals surface area (Å²) in [6.07, 6.45) is 6.10. The van der Waals surface area contributed by atoms with Gasteiger partial charge in [-0.25, -0.2) is 4.99 Å². The predicted molar refractivity (Wildman–Crippen MR) is 141 cm³/mol. The average Bonchev–Trinajstić information content (AvgIpc) is 2.77. The molecule has 3 N–H and O–H groups in total. The molecule has 2 aromatic carbocycles. The van der Waals surface area contributed by atoms with Gasteiger partial charge in [-0.3, -0.25) is 9.59 Å². The summed E-state index contributed by atoms with van der Waals surface area (Å²) in [5.41, 5.74) is 3.05. The van der Waals surface area contributed by atoms with Crippen LogP contribution < -0.4 is 16.0 Å². The van der Waals surface area contributed by atoms with E-state index in [9.17, 15) is 9.59 Å². The molecule has 0 aliphatic rings. The van der Waals surface area contributed by atoms with Crippen LogP contribution in [-0.2, 0) is 11.2 Å². The Morgan fingerprint density at radius 3 is 2.53 bits per heavy atom. The molecule has 32 heavy (non-hydrogen) atoms. The molecule has 0 unspecified atom stereocenters. The second-order valence-electron chi connectivity index (χ2n) is 7.05. The first kappa shape index (κ1) is 27.0. The summed E-state index contributed by atoms with van der Waals surface area (Å²) in [4.78, 5) is 30.2. The molecule has 7 nitrogen and oxygen atoms in total. The van der Waals surface area contributed by atoms with E-state index in [1.807, 2.05) is 31.2 Å². The number of rotatable bonds is 8. The van der Waals surface area contributed by atoms with Gasteiger partial charge in [0.2, 0.25) is 5.91 Å². The van der Waals surface area contributed by atoms with Crippen LogP contribution >= 0.6 is 24.0 Å². The molecule has 0 heterocycles. The van der Waals surface area contributed by atoms with E-state index in [1.54, 1.807) is 43.3 Å². The molecular formula is C24H30IN5O2. The van der Waals surface area contributed by atoms with Gasteiger partial charge < -0.3 is 20.9 Å². The summed E-state index contributed by atoms with van der Waals surface area (Å²) in [5.74, 6) is 2.83. The van der Waals surface area contributed by atoms with Crippen molar-refractivity contribution in [3.63, 3.8) is 0 Å². The second-order valence-corrected chi connectivity index (χ2v) is 7.05. The molecule has 2 amide bonds. The number of carbonyl (C=O) groups excluding carboxylic acids is 2. The van der Waals surface area contributed by atoms with Crippen LogP contribution in [0.1, 0.15) is 28.4 Å². The average molecular weight is 547 g/mol. The highest BCUT2D eigenvalue weighted by Gasteiger charge is 2.08. The van der Waals surface area contributed by atoms with E-state index in [0.29, 0.717) is 42.3 Å². The van der Waals surface area contributed by atoms with E-state index in [-0.39, 0.29) is 42.3 Å². The van der Waals surface area contributed by atoms with Crippen molar-refractivity contribution in [2.45, 2.75) is 13.3 Å². The van der Waals surface area contributed by atoms with E-state index >= 15 is 0 Å². The SMILES string of the molecule is C#Cc1cccc(NC(=O)CN=C(NCC)NCCc2cccc(C(=O)N(C)C)c2)c1.I. The molecule has 0 atom stereocenters. The highest BCUT2D eigenvalue weighted by Crippen LogP contribution is 2.09. The topological polar surface area (TPSA) is 85.8 Å². The number of guanidine groups is 1. The Balaban J connectivity index is 0.00000512. The monoisotopic (exact) mass is 547 g/mol. The zero-order chi connectivity index (χ0) is 22.6. The molecule has 0 spiro atoms. The largest absolute Gasteiger partial charge is 0.357 e. The Morgan fingerprint density at radius 1 is 1.09 bits per heavy atom. The maximum Gasteiger partial charge on any atom is 0.253 e. The van der Waals surface area contributed by atoms with Gasteiger partial charge in [0.1, 0.15) is 6.54 Å². The zero-order valence-electron chi connectivity index (χ0n) is 18.6. The van der Waals surface area contributed by atoms with Crippen molar-refractivity contribution in [3.8, 4) is 12.3 Å². The normalized spacial score (nSPS) is 10.4. The van der Waals surface area contributed by atoms with Gasteiger partial charge in [0.15, 0.2) is 5.96 Å². The number of terminal acetylenes is 1. The van der Waals surface area contributed by atoms with Crippen LogP contribution in [0.25, 0.3) is 0 Å². The summed E-state index contributed by atoms with van der Waals surface area (Å²) in [6.45, 7) is 3.21.